The van der Waals surface area contributed by atoms with Gasteiger partial charge in [-0.2, -0.15) is 0 Å². The first kappa shape index (κ1) is 21.7. The van der Waals surface area contributed by atoms with E-state index in [0.717, 1.165) is 19.5 Å². The molecule has 146 valence electrons. The molecule has 7 heteroatoms. The average molecular weight is 357 g/mol. The molecule has 1 aliphatic rings. The van der Waals surface area contributed by atoms with E-state index < -0.39 is 6.10 Å². The maximum Gasteiger partial charge on any atom is 0.225 e. The Labute approximate surface area is 152 Å². The molecular weight excluding hydrogens is 320 g/mol. The average Bonchev–Trinajstić information content (AvgIpc) is 3.00. The van der Waals surface area contributed by atoms with Gasteiger partial charge in [-0.25, -0.2) is 0 Å². The van der Waals surface area contributed by atoms with Crippen molar-refractivity contribution < 1.29 is 14.6 Å². The first-order valence-corrected chi connectivity index (χ1v) is 9.42. The number of likely N-dealkylation sites (tertiary alicyclic amines) is 1. The fourth-order valence-corrected chi connectivity index (χ4v) is 2.65. The third-order valence-corrected chi connectivity index (χ3v) is 3.90. The summed E-state index contributed by atoms with van der Waals surface area (Å²) in [6.07, 6.45) is 0.292. The summed E-state index contributed by atoms with van der Waals surface area (Å²) in [4.78, 5) is 18.4. The van der Waals surface area contributed by atoms with E-state index in [2.05, 4.69) is 29.5 Å². The molecule has 0 saturated carbocycles. The van der Waals surface area contributed by atoms with Crippen LogP contribution in [0.25, 0.3) is 0 Å². The second-order valence-electron chi connectivity index (χ2n) is 7.37. The lowest BCUT2D eigenvalue weighted by molar-refractivity contribution is -0.133. The van der Waals surface area contributed by atoms with Crippen LogP contribution in [0.2, 0.25) is 0 Å². The first-order valence-electron chi connectivity index (χ1n) is 9.42. The highest BCUT2D eigenvalue weighted by molar-refractivity contribution is 5.81. The Morgan fingerprint density at radius 1 is 1.32 bits per heavy atom. The van der Waals surface area contributed by atoms with Crippen LogP contribution in [0, 0.1) is 11.8 Å². The highest BCUT2D eigenvalue weighted by atomic mass is 16.5. The van der Waals surface area contributed by atoms with Gasteiger partial charge in [-0.05, 0) is 19.3 Å². The minimum absolute atomic E-state index is 0.0293. The van der Waals surface area contributed by atoms with Gasteiger partial charge in [0.25, 0.3) is 0 Å². The van der Waals surface area contributed by atoms with Gasteiger partial charge in [0.05, 0.1) is 19.3 Å². The molecule has 25 heavy (non-hydrogen) atoms. The summed E-state index contributed by atoms with van der Waals surface area (Å²) in [5.74, 6) is 1.36. The van der Waals surface area contributed by atoms with E-state index in [1.54, 1.807) is 0 Å². The largest absolute Gasteiger partial charge is 0.389 e. The topological polar surface area (TPSA) is 86.2 Å². The summed E-state index contributed by atoms with van der Waals surface area (Å²) in [6.45, 7) is 13.4. The van der Waals surface area contributed by atoms with Crippen molar-refractivity contribution in [3.05, 3.63) is 0 Å². The zero-order valence-electron chi connectivity index (χ0n) is 16.4. The molecule has 1 rings (SSSR count). The Kier molecular flexibility index (Phi) is 9.82. The number of hydrogen-bond acceptors (Lipinski definition) is 4. The zero-order chi connectivity index (χ0) is 18.8. The predicted octanol–water partition coefficient (Wildman–Crippen LogP) is 0.832. The highest BCUT2D eigenvalue weighted by Crippen LogP contribution is 2.12. The van der Waals surface area contributed by atoms with Crippen molar-refractivity contribution in [1.82, 2.24) is 15.5 Å². The van der Waals surface area contributed by atoms with Crippen molar-refractivity contribution in [1.29, 1.82) is 0 Å². The van der Waals surface area contributed by atoms with Crippen molar-refractivity contribution in [3.8, 4) is 0 Å². The predicted molar refractivity (Wildman–Crippen MR) is 101 cm³/mol. The number of aliphatic hydroxyl groups is 1. The van der Waals surface area contributed by atoms with Crippen molar-refractivity contribution in [2.75, 3.05) is 39.4 Å². The van der Waals surface area contributed by atoms with Gasteiger partial charge in [0, 0.05) is 38.2 Å². The molecule has 0 radical (unpaired) electrons. The summed E-state index contributed by atoms with van der Waals surface area (Å²) in [5, 5.41) is 16.5. The maximum atomic E-state index is 12.1. The molecular formula is C18H36N4O3. The summed E-state index contributed by atoms with van der Waals surface area (Å²) in [7, 11) is 0. The van der Waals surface area contributed by atoms with Gasteiger partial charge < -0.3 is 25.4 Å². The minimum Gasteiger partial charge on any atom is -0.389 e. The van der Waals surface area contributed by atoms with E-state index >= 15 is 0 Å². The van der Waals surface area contributed by atoms with Crippen LogP contribution < -0.4 is 10.6 Å². The van der Waals surface area contributed by atoms with Gasteiger partial charge in [0.1, 0.15) is 0 Å². The van der Waals surface area contributed by atoms with Crippen LogP contribution in [0.4, 0.5) is 0 Å². The summed E-state index contributed by atoms with van der Waals surface area (Å²) in [6, 6.07) is 0.190. The van der Waals surface area contributed by atoms with E-state index in [1.807, 2.05) is 25.7 Å². The van der Waals surface area contributed by atoms with E-state index in [-0.39, 0.29) is 24.4 Å². The maximum absolute atomic E-state index is 12.1. The van der Waals surface area contributed by atoms with Crippen LogP contribution in [0.3, 0.4) is 0 Å². The zero-order valence-corrected chi connectivity index (χ0v) is 16.4. The van der Waals surface area contributed by atoms with Crippen molar-refractivity contribution in [3.63, 3.8) is 0 Å². The van der Waals surface area contributed by atoms with Crippen LogP contribution in [0.1, 0.15) is 41.0 Å². The summed E-state index contributed by atoms with van der Waals surface area (Å²) in [5.41, 5.74) is 0. The molecule has 0 aliphatic carbocycles. The van der Waals surface area contributed by atoms with Gasteiger partial charge in [-0.15, -0.1) is 0 Å². The lowest BCUT2D eigenvalue weighted by atomic mass is 10.2. The monoisotopic (exact) mass is 356 g/mol. The Hall–Kier alpha value is -1.34. The number of nitrogens with one attached hydrogen (secondary N) is 2. The van der Waals surface area contributed by atoms with Crippen LogP contribution in [0.5, 0.6) is 0 Å². The summed E-state index contributed by atoms with van der Waals surface area (Å²) < 4.78 is 5.44. The lowest BCUT2D eigenvalue weighted by Gasteiger charge is -2.20. The number of rotatable bonds is 9. The number of ether oxygens (including phenoxy) is 1. The molecule has 1 heterocycles. The number of nitrogens with zero attached hydrogens (tertiary/aromatic N) is 2. The van der Waals surface area contributed by atoms with Gasteiger partial charge in [0.15, 0.2) is 5.96 Å². The van der Waals surface area contributed by atoms with Crippen LogP contribution in [0.15, 0.2) is 4.99 Å². The molecule has 0 spiro atoms. The molecule has 0 aromatic heterocycles. The molecule has 0 aromatic carbocycles. The van der Waals surface area contributed by atoms with Gasteiger partial charge >= 0.3 is 0 Å². The number of carbonyl (C=O) groups excluding carboxylic acids is 1. The highest BCUT2D eigenvalue weighted by Gasteiger charge is 2.27. The Morgan fingerprint density at radius 3 is 2.64 bits per heavy atom. The third-order valence-electron chi connectivity index (χ3n) is 3.90. The minimum atomic E-state index is -0.614. The van der Waals surface area contributed by atoms with Crippen molar-refractivity contribution >= 4 is 11.9 Å². The van der Waals surface area contributed by atoms with E-state index in [9.17, 15) is 9.90 Å². The molecule has 7 nitrogen and oxygen atoms in total. The van der Waals surface area contributed by atoms with Crippen LogP contribution >= 0.6 is 0 Å². The number of hydrogen-bond donors (Lipinski definition) is 3. The second-order valence-corrected chi connectivity index (χ2v) is 7.37. The Bertz CT molecular complexity index is 427. The standard InChI is InChI=1S/C18H36N4O3/c1-6-19-18(20-9-16(23)12-25-11-13(2)3)21-15-7-8-22(10-15)17(24)14(4)5/h13-16,23H,6-12H2,1-5H3,(H2,19,20,21). The number of amides is 1. The Morgan fingerprint density at radius 2 is 2.04 bits per heavy atom. The lowest BCUT2D eigenvalue weighted by Crippen LogP contribution is -2.45. The van der Waals surface area contributed by atoms with Gasteiger partial charge in [0.2, 0.25) is 5.91 Å². The van der Waals surface area contributed by atoms with Gasteiger partial charge in [-0.3, -0.25) is 9.79 Å². The first-order chi connectivity index (χ1) is 11.8. The van der Waals surface area contributed by atoms with Crippen LogP contribution in [-0.4, -0.2) is 73.4 Å². The molecule has 1 aliphatic heterocycles. The molecule has 3 N–H and O–H groups in total. The number of aliphatic hydroxyl groups excluding tert-OH is 1. The molecule has 2 unspecified atom stereocenters. The number of carbonyl (C=O) groups is 1. The molecule has 1 amide bonds. The van der Waals surface area contributed by atoms with Crippen LogP contribution in [-0.2, 0) is 9.53 Å². The SMILES string of the molecule is CCNC(=NCC(O)COCC(C)C)NC1CCN(C(=O)C(C)C)C1. The molecule has 1 saturated heterocycles. The fourth-order valence-electron chi connectivity index (χ4n) is 2.65. The van der Waals surface area contributed by atoms with Crippen molar-refractivity contribution in [2.24, 2.45) is 16.8 Å². The fraction of sp³-hybridized carbons (Fsp3) is 0.889. The molecule has 0 bridgehead atoms. The molecule has 0 aromatic rings. The number of guanidine groups is 1. The molecule has 2 atom stereocenters. The number of aliphatic imine (C=N–C) groups is 1. The second kappa shape index (κ2) is 11.3. The van der Waals surface area contributed by atoms with E-state index in [0.29, 0.717) is 31.6 Å². The van der Waals surface area contributed by atoms with E-state index in [1.165, 1.54) is 0 Å². The quantitative estimate of drug-likeness (QED) is 0.421. The third kappa shape index (κ3) is 8.54. The normalized spacial score (nSPS) is 19.6. The summed E-state index contributed by atoms with van der Waals surface area (Å²) >= 11 is 0. The van der Waals surface area contributed by atoms with Crippen molar-refractivity contribution in [2.45, 2.75) is 53.2 Å². The molecule has 1 fully saturated rings. The van der Waals surface area contributed by atoms with Gasteiger partial charge in [-0.1, -0.05) is 27.7 Å². The van der Waals surface area contributed by atoms with E-state index in [4.69, 9.17) is 4.74 Å². The Balaban J connectivity index is 2.44. The smallest absolute Gasteiger partial charge is 0.225 e.